The molecule has 11 nitrogen and oxygen atoms in total. The van der Waals surface area contributed by atoms with Gasteiger partial charge in [0.2, 0.25) is 0 Å². The van der Waals surface area contributed by atoms with E-state index in [1.54, 1.807) is 34.6 Å². The molecule has 1 saturated heterocycles. The molecule has 1 atom stereocenters. The number of amides is 1. The number of hydrogen-bond donors (Lipinski definition) is 2. The van der Waals surface area contributed by atoms with Crippen LogP contribution in [0, 0.1) is 22.2 Å². The van der Waals surface area contributed by atoms with Crippen LogP contribution in [-0.2, 0) is 37.4 Å². The Bertz CT molecular complexity index is 672. The summed E-state index contributed by atoms with van der Waals surface area (Å²) in [5, 5.41) is 11.0. The van der Waals surface area contributed by atoms with Gasteiger partial charge in [-0.25, -0.2) is 0 Å². The molecule has 0 saturated carbocycles. The van der Waals surface area contributed by atoms with Gasteiger partial charge >= 0.3 is 176 Å². The van der Waals surface area contributed by atoms with Gasteiger partial charge in [-0.3, -0.25) is 0 Å². The summed E-state index contributed by atoms with van der Waals surface area (Å²) in [7, 11) is -4.22. The van der Waals surface area contributed by atoms with Gasteiger partial charge in [0.15, 0.2) is 0 Å². The summed E-state index contributed by atoms with van der Waals surface area (Å²) in [5.74, 6) is -1.64. The zero-order valence-corrected chi connectivity index (χ0v) is 19.0. The third-order valence-corrected chi connectivity index (χ3v) is 5.52. The van der Waals surface area contributed by atoms with E-state index in [9.17, 15) is 19.3 Å². The van der Waals surface area contributed by atoms with E-state index in [0.29, 0.717) is 0 Å². The Morgan fingerprint density at radius 1 is 1.30 bits per heavy atom. The van der Waals surface area contributed by atoms with Crippen LogP contribution in [0.1, 0.15) is 47.5 Å². The molecule has 0 aliphatic carbocycles. The topological polar surface area (TPSA) is 153 Å². The predicted octanol–water partition coefficient (Wildman–Crippen LogP) is 1.36. The molecule has 1 amide bonds. The number of rotatable bonds is 9. The predicted molar refractivity (Wildman–Crippen MR) is 105 cm³/mol. The number of nitrogens with one attached hydrogen (secondary N) is 1. The normalized spacial score (nSPS) is 21.0. The van der Waals surface area contributed by atoms with E-state index >= 15 is 0 Å². The van der Waals surface area contributed by atoms with E-state index in [1.807, 2.05) is 6.07 Å². The van der Waals surface area contributed by atoms with Crippen molar-refractivity contribution in [3.05, 3.63) is 0 Å². The Morgan fingerprint density at radius 3 is 2.57 bits per heavy atom. The number of hydrogen-bond acceptors (Lipinski definition) is 10. The first-order chi connectivity index (χ1) is 13.8. The van der Waals surface area contributed by atoms with E-state index in [0.717, 1.165) is 0 Å². The molecular formula is C18H31N2O9P. The maximum absolute atomic E-state index is 12.5. The molecule has 1 aliphatic rings. The molecule has 1 aliphatic heterocycles. The van der Waals surface area contributed by atoms with E-state index in [2.05, 4.69) is 5.32 Å². The summed E-state index contributed by atoms with van der Waals surface area (Å²) >= 11 is 0. The van der Waals surface area contributed by atoms with Gasteiger partial charge in [-0.1, -0.05) is 0 Å². The molecule has 0 unspecified atom stereocenters. The van der Waals surface area contributed by atoms with Gasteiger partial charge in [-0.05, 0) is 0 Å². The maximum atomic E-state index is 12.5. The summed E-state index contributed by atoms with van der Waals surface area (Å²) in [5.41, 5.74) is -1.54. The van der Waals surface area contributed by atoms with Crippen LogP contribution in [-0.4, -0.2) is 55.4 Å². The van der Waals surface area contributed by atoms with Crippen molar-refractivity contribution in [2.24, 2.45) is 10.8 Å². The number of ether oxygens (including phenoxy) is 2. The number of nitriles is 1. The van der Waals surface area contributed by atoms with E-state index in [1.165, 1.54) is 0 Å². The van der Waals surface area contributed by atoms with Gasteiger partial charge < -0.3 is 0 Å². The second-order valence-electron chi connectivity index (χ2n) is 8.41. The zero-order valence-electron chi connectivity index (χ0n) is 18.0. The van der Waals surface area contributed by atoms with Crippen molar-refractivity contribution in [1.82, 2.24) is 5.32 Å². The minimum absolute atomic E-state index is 0.00482. The van der Waals surface area contributed by atoms with Crippen LogP contribution in [0.25, 0.3) is 0 Å². The monoisotopic (exact) mass is 450 g/mol. The Balaban J connectivity index is 2.56. The van der Waals surface area contributed by atoms with Crippen LogP contribution in [0.2, 0.25) is 0 Å². The zero-order chi connectivity index (χ0) is 23.0. The molecular weight excluding hydrogens is 419 g/mol. The number of carbonyl (C=O) groups is 3. The van der Waals surface area contributed by atoms with E-state index in [4.69, 9.17) is 28.3 Å². The van der Waals surface area contributed by atoms with Crippen LogP contribution in [0.15, 0.2) is 0 Å². The van der Waals surface area contributed by atoms with Crippen molar-refractivity contribution in [3.63, 3.8) is 0 Å². The van der Waals surface area contributed by atoms with Crippen molar-refractivity contribution < 1.29 is 42.3 Å². The Kier molecular flexibility index (Phi) is 9.59. The molecule has 1 heterocycles. The van der Waals surface area contributed by atoms with Gasteiger partial charge in [-0.2, -0.15) is 0 Å². The van der Waals surface area contributed by atoms with Crippen molar-refractivity contribution in [2.45, 2.75) is 53.6 Å². The first-order valence-electron chi connectivity index (χ1n) is 9.46. The number of esters is 2. The molecule has 12 heteroatoms. The minimum atomic E-state index is -4.22. The average Bonchev–Trinajstić information content (AvgIpc) is 2.63. The number of carbonyl (C=O) groups excluding carboxylic acids is 3. The molecule has 30 heavy (non-hydrogen) atoms. The van der Waals surface area contributed by atoms with Crippen molar-refractivity contribution >= 4 is 26.0 Å². The van der Waals surface area contributed by atoms with Gasteiger partial charge in [0.25, 0.3) is 0 Å². The molecule has 0 aromatic rings. The Morgan fingerprint density at radius 2 is 1.97 bits per heavy atom. The van der Waals surface area contributed by atoms with Gasteiger partial charge in [0.05, 0.1) is 0 Å². The Labute approximate surface area is 176 Å². The molecule has 172 valence electrons. The van der Waals surface area contributed by atoms with Crippen molar-refractivity contribution in [1.29, 1.82) is 5.26 Å². The number of nitrogens with zero attached hydrogens (tertiary/aromatic N) is 1. The second-order valence-corrected chi connectivity index (χ2v) is 10.3. The van der Waals surface area contributed by atoms with E-state index in [-0.39, 0.29) is 32.6 Å². The van der Waals surface area contributed by atoms with Crippen LogP contribution >= 0.6 is 8.17 Å². The third kappa shape index (κ3) is 8.50. The third-order valence-electron chi connectivity index (χ3n) is 3.99. The second kappa shape index (κ2) is 11.0. The van der Waals surface area contributed by atoms with Crippen LogP contribution in [0.5, 0.6) is 0 Å². The molecule has 0 aromatic carbocycles. The van der Waals surface area contributed by atoms with Gasteiger partial charge in [-0.15, -0.1) is 0 Å². The van der Waals surface area contributed by atoms with Crippen molar-refractivity contribution in [3.8, 4) is 6.07 Å². The van der Waals surface area contributed by atoms with Crippen molar-refractivity contribution in [2.75, 3.05) is 26.6 Å². The summed E-state index contributed by atoms with van der Waals surface area (Å²) in [6, 6.07) is 1.85. The summed E-state index contributed by atoms with van der Waals surface area (Å²) in [6.07, 6.45) is -1.10. The first kappa shape index (κ1) is 26.2. The molecule has 0 spiro atoms. The standard InChI is InChI=1S/C18H31N2O9P/c1-17(2,3)16(23)26-12-28-30(24)27-11-18(4,5)14(29-30)15(22)20-9-7-13(21)25-10-6-8-19/h14,24,30H,6-7,9-12H2,1-5H3,(H,20,22)/t14-/m0/s1. The molecule has 0 aromatic heterocycles. The summed E-state index contributed by atoms with van der Waals surface area (Å²) < 4.78 is 25.6. The SMILES string of the molecule is CC(C)(C)C(=O)OCO[PH]1(O)OCC(C)(C)[C@H](C(=O)NCCC(=O)OCCC#N)O1. The average molecular weight is 450 g/mol. The van der Waals surface area contributed by atoms with Crippen LogP contribution < -0.4 is 5.32 Å². The van der Waals surface area contributed by atoms with Gasteiger partial charge in [0, 0.05) is 0 Å². The fraction of sp³-hybridized carbons (Fsp3) is 0.778. The van der Waals surface area contributed by atoms with Crippen LogP contribution in [0.4, 0.5) is 0 Å². The summed E-state index contributed by atoms with van der Waals surface area (Å²) in [4.78, 5) is 46.3. The molecule has 1 rings (SSSR count). The van der Waals surface area contributed by atoms with Crippen LogP contribution in [0.3, 0.4) is 0 Å². The first-order valence-corrected chi connectivity index (χ1v) is 11.1. The summed E-state index contributed by atoms with van der Waals surface area (Å²) in [6.45, 7) is 7.79. The molecule has 0 bridgehead atoms. The molecule has 1 fully saturated rings. The molecule has 0 radical (unpaired) electrons. The van der Waals surface area contributed by atoms with Gasteiger partial charge in [0.1, 0.15) is 0 Å². The fourth-order valence-electron chi connectivity index (χ4n) is 2.22. The van der Waals surface area contributed by atoms with E-state index < -0.39 is 49.7 Å². The Hall–Kier alpha value is -1.83. The fourth-order valence-corrected chi connectivity index (χ4v) is 3.92. The quantitative estimate of drug-likeness (QED) is 0.228. The molecule has 2 N–H and O–H groups in total.